The second-order valence-electron chi connectivity index (χ2n) is 6.54. The number of aliphatic carboxylic acids is 2. The third kappa shape index (κ3) is 4.43. The van der Waals surface area contributed by atoms with E-state index in [9.17, 15) is 14.7 Å². The lowest BCUT2D eigenvalue weighted by molar-refractivity contribution is -0.142. The van der Waals surface area contributed by atoms with Crippen molar-refractivity contribution in [1.29, 1.82) is 0 Å². The smallest absolute Gasteiger partial charge is 0.326 e. The van der Waals surface area contributed by atoms with Gasteiger partial charge < -0.3 is 10.2 Å². The molecule has 4 nitrogen and oxygen atoms in total. The molecule has 2 aromatic rings. The van der Waals surface area contributed by atoms with Crippen LogP contribution >= 0.6 is 0 Å². The average Bonchev–Trinajstić information content (AvgIpc) is 2.63. The van der Waals surface area contributed by atoms with Crippen molar-refractivity contribution in [2.24, 2.45) is 0 Å². The maximum Gasteiger partial charge on any atom is 0.326 e. The minimum Gasteiger partial charge on any atom is -0.481 e. The van der Waals surface area contributed by atoms with Gasteiger partial charge in [-0.15, -0.1) is 6.42 Å². The summed E-state index contributed by atoms with van der Waals surface area (Å²) in [6.07, 6.45) is 10.2. The summed E-state index contributed by atoms with van der Waals surface area (Å²) in [5, 5.41) is 20.4. The Morgan fingerprint density at radius 3 is 2.27 bits per heavy atom. The number of carboxylic acid groups (broad SMARTS) is 2. The Labute approximate surface area is 153 Å². The van der Waals surface area contributed by atoms with Gasteiger partial charge >= 0.3 is 11.9 Å². The molecule has 0 bridgehead atoms. The first-order valence-corrected chi connectivity index (χ1v) is 8.92. The zero-order chi connectivity index (χ0) is 19.0. The lowest BCUT2D eigenvalue weighted by Gasteiger charge is -2.26. The Morgan fingerprint density at radius 1 is 0.923 bits per heavy atom. The molecule has 0 fully saturated rings. The van der Waals surface area contributed by atoms with E-state index in [4.69, 9.17) is 11.5 Å². The molecule has 1 atom stereocenters. The molecule has 4 heteroatoms. The highest BCUT2D eigenvalue weighted by Crippen LogP contribution is 2.35. The van der Waals surface area contributed by atoms with E-state index in [2.05, 4.69) is 5.92 Å². The number of fused-ring (bicyclic) bond motifs is 1. The van der Waals surface area contributed by atoms with Crippen LogP contribution in [-0.4, -0.2) is 22.2 Å². The molecule has 0 aromatic heterocycles. The fraction of sp³-hybridized carbons (Fsp3) is 0.364. The zero-order valence-corrected chi connectivity index (χ0v) is 14.8. The number of benzene rings is 2. The highest BCUT2D eigenvalue weighted by Gasteiger charge is 2.39. The Hall–Kier alpha value is -2.80. The molecular weight excluding hydrogens is 328 g/mol. The van der Waals surface area contributed by atoms with Crippen molar-refractivity contribution < 1.29 is 19.8 Å². The first-order valence-electron chi connectivity index (χ1n) is 8.92. The summed E-state index contributed by atoms with van der Waals surface area (Å²) in [5.74, 6) is 0.786. The summed E-state index contributed by atoms with van der Waals surface area (Å²) in [7, 11) is 0. The lowest BCUT2D eigenvalue weighted by atomic mass is 9.75. The Balaban J connectivity index is 2.12. The van der Waals surface area contributed by atoms with Crippen molar-refractivity contribution in [2.75, 3.05) is 0 Å². The van der Waals surface area contributed by atoms with Crippen molar-refractivity contribution in [3.05, 3.63) is 48.0 Å². The largest absolute Gasteiger partial charge is 0.481 e. The standard InChI is InChI=1S/C22H24O4/c1-2-22(21(25)26,16-9-5-3-4-6-15-20(23)24)19-14-10-12-17-11-7-8-13-18(17)19/h1,7-8,10-14H,3-6,9,15-16H2,(H,23,24)(H,25,26). The number of terminal acetylenes is 1. The van der Waals surface area contributed by atoms with Gasteiger partial charge in [0.2, 0.25) is 0 Å². The second kappa shape index (κ2) is 9.05. The molecular formula is C22H24O4. The summed E-state index contributed by atoms with van der Waals surface area (Å²) in [6.45, 7) is 0. The molecule has 2 rings (SSSR count). The van der Waals surface area contributed by atoms with E-state index < -0.39 is 17.4 Å². The van der Waals surface area contributed by atoms with Gasteiger partial charge in [-0.1, -0.05) is 74.1 Å². The highest BCUT2D eigenvalue weighted by molar-refractivity contribution is 5.95. The van der Waals surface area contributed by atoms with E-state index >= 15 is 0 Å². The van der Waals surface area contributed by atoms with Crippen LogP contribution in [0.2, 0.25) is 0 Å². The average molecular weight is 352 g/mol. The first-order chi connectivity index (χ1) is 12.5. The molecule has 136 valence electrons. The molecule has 0 saturated carbocycles. The molecule has 0 aliphatic carbocycles. The van der Waals surface area contributed by atoms with Gasteiger partial charge in [0, 0.05) is 6.42 Å². The van der Waals surface area contributed by atoms with Crippen LogP contribution in [0.5, 0.6) is 0 Å². The van der Waals surface area contributed by atoms with Crippen LogP contribution in [0, 0.1) is 12.3 Å². The van der Waals surface area contributed by atoms with Gasteiger partial charge in [-0.05, 0) is 29.2 Å². The van der Waals surface area contributed by atoms with E-state index in [1.165, 1.54) is 0 Å². The monoisotopic (exact) mass is 352 g/mol. The second-order valence-corrected chi connectivity index (χ2v) is 6.54. The van der Waals surface area contributed by atoms with Crippen molar-refractivity contribution in [1.82, 2.24) is 0 Å². The first kappa shape index (κ1) is 19.5. The number of hydrogen-bond acceptors (Lipinski definition) is 2. The third-order valence-corrected chi connectivity index (χ3v) is 4.80. The van der Waals surface area contributed by atoms with E-state index in [0.717, 1.165) is 30.0 Å². The summed E-state index contributed by atoms with van der Waals surface area (Å²) in [5.41, 5.74) is -0.682. The van der Waals surface area contributed by atoms with Gasteiger partial charge in [0.15, 0.2) is 5.41 Å². The van der Waals surface area contributed by atoms with Crippen LogP contribution in [0.15, 0.2) is 42.5 Å². The summed E-state index contributed by atoms with van der Waals surface area (Å²) in [4.78, 5) is 22.6. The van der Waals surface area contributed by atoms with Crippen molar-refractivity contribution in [3.8, 4) is 12.3 Å². The van der Waals surface area contributed by atoms with Crippen molar-refractivity contribution in [2.45, 2.75) is 50.4 Å². The van der Waals surface area contributed by atoms with Crippen LogP contribution in [0.25, 0.3) is 10.8 Å². The quantitative estimate of drug-likeness (QED) is 0.484. The Morgan fingerprint density at radius 2 is 1.58 bits per heavy atom. The number of rotatable bonds is 10. The predicted octanol–water partition coefficient (Wildman–Crippen LogP) is 4.61. The minimum absolute atomic E-state index is 0.180. The zero-order valence-electron chi connectivity index (χ0n) is 14.8. The van der Waals surface area contributed by atoms with Crippen LogP contribution in [0.3, 0.4) is 0 Å². The maximum absolute atomic E-state index is 12.1. The molecule has 0 radical (unpaired) electrons. The van der Waals surface area contributed by atoms with Crippen molar-refractivity contribution >= 4 is 22.7 Å². The van der Waals surface area contributed by atoms with E-state index in [0.29, 0.717) is 24.8 Å². The van der Waals surface area contributed by atoms with Gasteiger partial charge in [0.25, 0.3) is 0 Å². The number of hydrogen-bond donors (Lipinski definition) is 2. The van der Waals surface area contributed by atoms with Gasteiger partial charge in [-0.3, -0.25) is 9.59 Å². The van der Waals surface area contributed by atoms with Gasteiger partial charge in [-0.25, -0.2) is 0 Å². The van der Waals surface area contributed by atoms with Crippen LogP contribution in [-0.2, 0) is 15.0 Å². The van der Waals surface area contributed by atoms with Gasteiger partial charge in [0.1, 0.15) is 0 Å². The maximum atomic E-state index is 12.1. The molecule has 2 N–H and O–H groups in total. The topological polar surface area (TPSA) is 74.6 Å². The third-order valence-electron chi connectivity index (χ3n) is 4.80. The number of unbranched alkanes of at least 4 members (excludes halogenated alkanes) is 4. The predicted molar refractivity (Wildman–Crippen MR) is 102 cm³/mol. The van der Waals surface area contributed by atoms with Crippen LogP contribution in [0.4, 0.5) is 0 Å². The fourth-order valence-corrected chi connectivity index (χ4v) is 3.36. The number of carbonyl (C=O) groups is 2. The molecule has 0 amide bonds. The lowest BCUT2D eigenvalue weighted by Crippen LogP contribution is -2.34. The fourth-order valence-electron chi connectivity index (χ4n) is 3.36. The van der Waals surface area contributed by atoms with E-state index in [-0.39, 0.29) is 6.42 Å². The van der Waals surface area contributed by atoms with Gasteiger partial charge in [-0.2, -0.15) is 0 Å². The molecule has 1 unspecified atom stereocenters. The highest BCUT2D eigenvalue weighted by atomic mass is 16.4. The molecule has 26 heavy (non-hydrogen) atoms. The van der Waals surface area contributed by atoms with E-state index in [1.807, 2.05) is 42.5 Å². The van der Waals surface area contributed by atoms with E-state index in [1.54, 1.807) is 0 Å². The van der Waals surface area contributed by atoms with Gasteiger partial charge in [0.05, 0.1) is 0 Å². The molecule has 0 heterocycles. The number of carboxylic acids is 2. The Bertz CT molecular complexity index is 813. The summed E-state index contributed by atoms with van der Waals surface area (Å²) < 4.78 is 0. The van der Waals surface area contributed by atoms with Crippen molar-refractivity contribution in [3.63, 3.8) is 0 Å². The molecule has 0 spiro atoms. The van der Waals surface area contributed by atoms with Crippen LogP contribution in [0.1, 0.15) is 50.5 Å². The Kier molecular flexibility index (Phi) is 6.80. The SMILES string of the molecule is C#CC(CCCCCCCC(=O)O)(C(=O)O)c1cccc2ccccc12. The molecule has 0 aliphatic heterocycles. The summed E-state index contributed by atoms with van der Waals surface area (Å²) >= 11 is 0. The minimum atomic E-state index is -1.35. The summed E-state index contributed by atoms with van der Waals surface area (Å²) in [6, 6.07) is 13.3. The normalized spacial score (nSPS) is 13.0. The molecule has 2 aromatic carbocycles. The van der Waals surface area contributed by atoms with Crippen LogP contribution < -0.4 is 0 Å². The molecule has 0 saturated heterocycles. The molecule has 0 aliphatic rings.